The molecule has 0 bridgehead atoms. The van der Waals surface area contributed by atoms with Crippen LogP contribution in [0, 0.1) is 17.8 Å². The number of nitrogens with zero attached hydrogens (tertiary/aromatic N) is 2. The summed E-state index contributed by atoms with van der Waals surface area (Å²) in [5.41, 5.74) is 3.40. The molecule has 0 unspecified atom stereocenters. The van der Waals surface area contributed by atoms with E-state index in [1.54, 1.807) is 0 Å². The molecule has 58 heavy (non-hydrogen) atoms. The first kappa shape index (κ1) is 47.0. The van der Waals surface area contributed by atoms with E-state index in [-0.39, 0.29) is 36.2 Å². The smallest absolute Gasteiger partial charge is 0.230 e. The Morgan fingerprint density at radius 2 is 1.55 bits per heavy atom. The van der Waals surface area contributed by atoms with Crippen molar-refractivity contribution in [3.8, 4) is 11.5 Å². The lowest BCUT2D eigenvalue weighted by atomic mass is 9.56. The maximum Gasteiger partial charge on any atom is 0.230 e. The molecule has 0 spiro atoms. The van der Waals surface area contributed by atoms with E-state index >= 15 is 0 Å². The summed E-state index contributed by atoms with van der Waals surface area (Å²) in [6.45, 7) is 13.6. The Morgan fingerprint density at radius 1 is 0.879 bits per heavy atom. The van der Waals surface area contributed by atoms with Gasteiger partial charge < -0.3 is 29.3 Å². The lowest BCUT2D eigenvalue weighted by molar-refractivity contribution is -0.223. The van der Waals surface area contributed by atoms with E-state index in [4.69, 9.17) is 24.2 Å². The van der Waals surface area contributed by atoms with Gasteiger partial charge in [0.1, 0.15) is 24.7 Å². The second-order valence-corrected chi connectivity index (χ2v) is 18.6. The van der Waals surface area contributed by atoms with Crippen LogP contribution in [0.5, 0.6) is 11.5 Å². The standard InChI is InChI=1S/C49H80N2O6S/c1-4-7-8-9-10-11-12-13-14-15-16-17-18-23-35-58-46-38-44(50-56-6-3)42-36-39(24-19-21-31-52)41(25-20-22-32-53)47-43-37-40(54-34-30-51-28-29-51)26-27-45(43)57-49(46,48(42)47)55-33-5-2/h5,26-27,36-37,39,41,46-48,52-53H,2,4,6-25,28-35,38H2,1,3H3/t39-,41+,46-,47+,48+,49+/m0/s1. The van der Waals surface area contributed by atoms with E-state index in [1.807, 2.05) is 24.8 Å². The lowest BCUT2D eigenvalue weighted by Gasteiger charge is -2.58. The number of thioether (sulfide) groups is 1. The Balaban J connectivity index is 1.36. The van der Waals surface area contributed by atoms with Gasteiger partial charge >= 0.3 is 0 Å². The van der Waals surface area contributed by atoms with Gasteiger partial charge in [0.15, 0.2) is 0 Å². The molecule has 328 valence electrons. The average molecular weight is 825 g/mol. The number of aliphatic hydroxyl groups is 2. The maximum atomic E-state index is 9.90. The highest BCUT2D eigenvalue weighted by Crippen LogP contribution is 2.62. The molecule has 8 nitrogen and oxygen atoms in total. The zero-order valence-corrected chi connectivity index (χ0v) is 37.3. The minimum Gasteiger partial charge on any atom is -0.492 e. The van der Waals surface area contributed by atoms with E-state index in [0.717, 1.165) is 81.1 Å². The van der Waals surface area contributed by atoms with Crippen molar-refractivity contribution in [2.75, 3.05) is 58.4 Å². The molecule has 2 aliphatic heterocycles. The topological polar surface area (TPSA) is 92.8 Å². The number of unbranched alkanes of at least 4 members (excludes halogenated alkanes) is 15. The Kier molecular flexibility index (Phi) is 21.3. The molecule has 5 rings (SSSR count). The van der Waals surface area contributed by atoms with E-state index in [0.29, 0.717) is 32.2 Å². The Hall–Kier alpha value is -2.04. The van der Waals surface area contributed by atoms with Gasteiger partial charge in [0.2, 0.25) is 5.79 Å². The van der Waals surface area contributed by atoms with Crippen molar-refractivity contribution in [3.63, 3.8) is 0 Å². The van der Waals surface area contributed by atoms with E-state index in [1.165, 1.54) is 101 Å². The maximum absolute atomic E-state index is 9.90. The number of ether oxygens (including phenoxy) is 3. The molecule has 0 amide bonds. The summed E-state index contributed by atoms with van der Waals surface area (Å²) in [7, 11) is 0. The summed E-state index contributed by atoms with van der Waals surface area (Å²) in [6.07, 6.45) is 29.5. The monoisotopic (exact) mass is 825 g/mol. The van der Waals surface area contributed by atoms with Crippen LogP contribution in [-0.2, 0) is 9.57 Å². The number of rotatable bonds is 33. The molecule has 9 heteroatoms. The minimum absolute atomic E-state index is 0.0129. The van der Waals surface area contributed by atoms with Crippen LogP contribution in [0.25, 0.3) is 0 Å². The van der Waals surface area contributed by atoms with Crippen LogP contribution in [0.1, 0.15) is 160 Å². The van der Waals surface area contributed by atoms with Crippen LogP contribution in [-0.4, -0.2) is 90.3 Å². The molecule has 2 N–H and O–H groups in total. The molecule has 2 aliphatic carbocycles. The van der Waals surface area contributed by atoms with Gasteiger partial charge in [-0.3, -0.25) is 4.90 Å². The van der Waals surface area contributed by atoms with Gasteiger partial charge in [-0.1, -0.05) is 121 Å². The molecular formula is C49H80N2O6S. The van der Waals surface area contributed by atoms with Gasteiger partial charge in [-0.15, -0.1) is 6.58 Å². The van der Waals surface area contributed by atoms with Gasteiger partial charge in [0, 0.05) is 50.8 Å². The molecule has 0 radical (unpaired) electrons. The first-order valence-electron chi connectivity index (χ1n) is 23.8. The average Bonchev–Trinajstić information content (AvgIpc) is 4.07. The SMILES string of the molecule is C=CCO[C@@]12Oc3ccc(OCCN4CC4)cc3[C@H]3[C@H](CCCCO)[C@@H](CCCCO)C=C(C(=NOCC)C[C@@H]1SCCCCCCCCCCCCCCCC)[C@H]32. The second kappa shape index (κ2) is 26.3. The van der Waals surface area contributed by atoms with Crippen LogP contribution in [0.4, 0.5) is 0 Å². The molecular weight excluding hydrogens is 745 g/mol. The summed E-state index contributed by atoms with van der Waals surface area (Å²) >= 11 is 1.99. The van der Waals surface area contributed by atoms with Crippen LogP contribution in [0.2, 0.25) is 0 Å². The molecule has 6 atom stereocenters. The third kappa shape index (κ3) is 13.7. The van der Waals surface area contributed by atoms with Gasteiger partial charge in [-0.05, 0) is 80.4 Å². The third-order valence-electron chi connectivity index (χ3n) is 13.0. The minimum atomic E-state index is -0.906. The van der Waals surface area contributed by atoms with Crippen molar-refractivity contribution < 1.29 is 29.3 Å². The quantitative estimate of drug-likeness (QED) is 0.0313. The van der Waals surface area contributed by atoms with Crippen LogP contribution >= 0.6 is 11.8 Å². The van der Waals surface area contributed by atoms with Gasteiger partial charge in [-0.25, -0.2) is 0 Å². The highest BCUT2D eigenvalue weighted by molar-refractivity contribution is 8.00. The number of allylic oxidation sites excluding steroid dienone is 1. The van der Waals surface area contributed by atoms with Crippen molar-refractivity contribution in [2.45, 2.75) is 166 Å². The Labute approximate surface area is 356 Å². The molecule has 1 saturated heterocycles. The highest BCUT2D eigenvalue weighted by Gasteiger charge is 2.64. The number of fused-ring (bicyclic) bond motifs is 2. The summed E-state index contributed by atoms with van der Waals surface area (Å²) in [4.78, 5) is 8.28. The fourth-order valence-corrected chi connectivity index (χ4v) is 11.2. The summed E-state index contributed by atoms with van der Waals surface area (Å²) in [5, 5.41) is 24.6. The Morgan fingerprint density at radius 3 is 2.19 bits per heavy atom. The van der Waals surface area contributed by atoms with Crippen molar-refractivity contribution in [1.29, 1.82) is 0 Å². The molecule has 0 aromatic heterocycles. The van der Waals surface area contributed by atoms with Crippen molar-refractivity contribution in [1.82, 2.24) is 4.90 Å². The fraction of sp³-hybridized carbons (Fsp3) is 0.776. The van der Waals surface area contributed by atoms with Gasteiger partial charge in [0.05, 0.1) is 23.5 Å². The van der Waals surface area contributed by atoms with Crippen molar-refractivity contribution in [2.24, 2.45) is 22.9 Å². The summed E-state index contributed by atoms with van der Waals surface area (Å²) in [6, 6.07) is 6.44. The first-order valence-corrected chi connectivity index (χ1v) is 24.8. The zero-order valence-electron chi connectivity index (χ0n) is 36.5. The zero-order chi connectivity index (χ0) is 40.8. The normalized spacial score (nSPS) is 25.5. The van der Waals surface area contributed by atoms with Gasteiger partial charge in [0.25, 0.3) is 0 Å². The molecule has 2 fully saturated rings. The van der Waals surface area contributed by atoms with Gasteiger partial charge in [-0.2, -0.15) is 11.8 Å². The summed E-state index contributed by atoms with van der Waals surface area (Å²) in [5.74, 6) is 2.49. The number of oxime groups is 1. The molecule has 2 heterocycles. The summed E-state index contributed by atoms with van der Waals surface area (Å²) < 4.78 is 20.8. The number of hydrogen-bond acceptors (Lipinski definition) is 9. The fourth-order valence-electron chi connectivity index (χ4n) is 9.82. The van der Waals surface area contributed by atoms with Crippen LogP contribution < -0.4 is 9.47 Å². The predicted molar refractivity (Wildman–Crippen MR) is 241 cm³/mol. The predicted octanol–water partition coefficient (Wildman–Crippen LogP) is 11.2. The number of hydrogen-bond donors (Lipinski definition) is 2. The number of benzene rings is 1. The van der Waals surface area contributed by atoms with E-state index in [2.05, 4.69) is 42.7 Å². The second-order valence-electron chi connectivity index (χ2n) is 17.3. The third-order valence-corrected chi connectivity index (χ3v) is 14.4. The van der Waals surface area contributed by atoms with Crippen molar-refractivity contribution >= 4 is 17.5 Å². The molecule has 4 aliphatic rings. The first-order chi connectivity index (χ1) is 28.6. The molecule has 1 aromatic carbocycles. The van der Waals surface area contributed by atoms with Crippen molar-refractivity contribution in [3.05, 3.63) is 48.1 Å². The Bertz CT molecular complexity index is 1380. The van der Waals surface area contributed by atoms with E-state index < -0.39 is 5.79 Å². The van der Waals surface area contributed by atoms with E-state index in [9.17, 15) is 10.2 Å². The molecule has 1 aromatic rings. The van der Waals surface area contributed by atoms with Crippen LogP contribution in [0.15, 0.2) is 47.7 Å². The highest BCUT2D eigenvalue weighted by atomic mass is 32.2. The largest absolute Gasteiger partial charge is 0.492 e. The van der Waals surface area contributed by atoms with Crippen LogP contribution in [0.3, 0.4) is 0 Å². The molecule has 1 saturated carbocycles. The lowest BCUT2D eigenvalue weighted by Crippen LogP contribution is -2.64. The number of aliphatic hydroxyl groups excluding tert-OH is 2.